The van der Waals surface area contributed by atoms with E-state index in [0.29, 0.717) is 24.5 Å². The van der Waals surface area contributed by atoms with Gasteiger partial charge in [0.25, 0.3) is 0 Å². The van der Waals surface area contributed by atoms with Crippen molar-refractivity contribution in [2.24, 2.45) is 0 Å². The summed E-state index contributed by atoms with van der Waals surface area (Å²) in [6.07, 6.45) is 2.15. The van der Waals surface area contributed by atoms with Crippen LogP contribution >= 0.6 is 0 Å². The van der Waals surface area contributed by atoms with Gasteiger partial charge in [-0.2, -0.15) is 5.10 Å². The summed E-state index contributed by atoms with van der Waals surface area (Å²) < 4.78 is 10.6. The number of aryl methyl sites for hydroxylation is 1. The molecule has 8 nitrogen and oxygen atoms in total. The van der Waals surface area contributed by atoms with E-state index in [1.54, 1.807) is 13.0 Å². The van der Waals surface area contributed by atoms with Crippen molar-refractivity contribution in [2.45, 2.75) is 13.5 Å². The normalized spacial score (nSPS) is 15.3. The average Bonchev–Trinajstić information content (AvgIpc) is 2.58. The van der Waals surface area contributed by atoms with Crippen LogP contribution in [0.1, 0.15) is 11.5 Å². The van der Waals surface area contributed by atoms with Gasteiger partial charge in [-0.05, 0) is 6.92 Å². The van der Waals surface area contributed by atoms with Gasteiger partial charge in [0, 0.05) is 25.7 Å². The number of aromatic amines is 1. The van der Waals surface area contributed by atoms with Gasteiger partial charge in [-0.25, -0.2) is 15.1 Å². The Hall–Kier alpha value is -2.06. The molecular formula is C13H19N5O3. The molecule has 1 aromatic heterocycles. The van der Waals surface area contributed by atoms with Crippen molar-refractivity contribution in [3.63, 3.8) is 0 Å². The molecule has 21 heavy (non-hydrogen) atoms. The highest BCUT2D eigenvalue weighted by molar-refractivity contribution is 5.51. The molecule has 0 radical (unpaired) electrons. The van der Waals surface area contributed by atoms with E-state index in [1.807, 2.05) is 0 Å². The Balaban J connectivity index is 2.22. The molecule has 1 aliphatic rings. The fourth-order valence-electron chi connectivity index (χ4n) is 1.84. The van der Waals surface area contributed by atoms with Gasteiger partial charge >= 0.3 is 0 Å². The monoisotopic (exact) mass is 293 g/mol. The Labute approximate surface area is 122 Å². The van der Waals surface area contributed by atoms with E-state index >= 15 is 0 Å². The molecule has 1 aliphatic heterocycles. The smallest absolute Gasteiger partial charge is 0.209 e. The zero-order chi connectivity index (χ0) is 14.9. The maximum atomic E-state index is 10.4. The predicted octanol–water partition coefficient (Wildman–Crippen LogP) is 0.0424. The van der Waals surface area contributed by atoms with Gasteiger partial charge < -0.3 is 9.47 Å². The lowest BCUT2D eigenvalue weighted by Crippen LogP contribution is -2.35. The van der Waals surface area contributed by atoms with Crippen LogP contribution < -0.4 is 4.74 Å². The predicted molar refractivity (Wildman–Crippen MR) is 74.2 cm³/mol. The van der Waals surface area contributed by atoms with E-state index in [1.165, 1.54) is 6.33 Å². The number of carbonyl (C=O) groups excluding carboxylic acids is 1. The maximum absolute atomic E-state index is 10.4. The first kappa shape index (κ1) is 15.3. The lowest BCUT2D eigenvalue weighted by atomic mass is 10.3. The van der Waals surface area contributed by atoms with Gasteiger partial charge in [-0.1, -0.05) is 0 Å². The van der Waals surface area contributed by atoms with Gasteiger partial charge in [-0.15, -0.1) is 0 Å². The standard InChI is InChI=1S/C13H19N5O3/c1-11-14-10-15-12(9-18-2-5-20-6-3-18)8-13(17-16-11)21-7-4-19/h4,8,10,17H,2-3,5-7,9H2,1H3. The summed E-state index contributed by atoms with van der Waals surface area (Å²) in [6.45, 7) is 5.52. The van der Waals surface area contributed by atoms with Gasteiger partial charge in [0.15, 0.2) is 6.29 Å². The van der Waals surface area contributed by atoms with E-state index in [2.05, 4.69) is 25.1 Å². The van der Waals surface area contributed by atoms with Crippen LogP contribution in [0.15, 0.2) is 12.4 Å². The zero-order valence-corrected chi connectivity index (χ0v) is 12.0. The second-order valence-electron chi connectivity index (χ2n) is 4.51. The quantitative estimate of drug-likeness (QED) is 0.766. The van der Waals surface area contributed by atoms with Crippen LogP contribution in [0.2, 0.25) is 0 Å². The molecule has 0 aliphatic carbocycles. The van der Waals surface area contributed by atoms with Gasteiger partial charge in [0.2, 0.25) is 5.88 Å². The minimum Gasteiger partial charge on any atom is -0.470 e. The van der Waals surface area contributed by atoms with E-state index in [-0.39, 0.29) is 6.61 Å². The highest BCUT2D eigenvalue weighted by atomic mass is 16.5. The van der Waals surface area contributed by atoms with Crippen LogP contribution in [-0.2, 0) is 16.1 Å². The molecule has 2 rings (SSSR count). The number of aromatic nitrogens is 4. The van der Waals surface area contributed by atoms with Crippen LogP contribution in [0.5, 0.6) is 5.88 Å². The number of nitrogens with one attached hydrogen (secondary N) is 1. The number of carbonyl (C=O) groups is 1. The van der Waals surface area contributed by atoms with E-state index in [4.69, 9.17) is 9.47 Å². The third-order valence-electron chi connectivity index (χ3n) is 2.89. The molecule has 0 amide bonds. The molecule has 1 saturated heterocycles. The number of hydrogen-bond donors (Lipinski definition) is 1. The molecule has 8 heteroatoms. The Bertz CT molecular complexity index is 512. The first-order valence-electron chi connectivity index (χ1n) is 6.75. The number of ether oxygens (including phenoxy) is 2. The maximum Gasteiger partial charge on any atom is 0.209 e. The summed E-state index contributed by atoms with van der Waals surface area (Å²) in [7, 11) is 0. The number of morpholine rings is 1. The summed E-state index contributed by atoms with van der Waals surface area (Å²) in [5.74, 6) is 0.894. The highest BCUT2D eigenvalue weighted by Crippen LogP contribution is 2.08. The average molecular weight is 293 g/mol. The molecule has 0 atom stereocenters. The number of nitrogens with zero attached hydrogens (tertiary/aromatic N) is 4. The SMILES string of the molecule is Cc1ncnc(CN2CCOCC2)cc(OCC=O)[nH]n1. The molecule has 0 aromatic carbocycles. The molecule has 1 N–H and O–H groups in total. The summed E-state index contributed by atoms with van der Waals surface area (Å²) in [5, 5.41) is 6.76. The molecule has 0 unspecified atom stereocenters. The van der Waals surface area contributed by atoms with Crippen molar-refractivity contribution in [1.29, 1.82) is 0 Å². The van der Waals surface area contributed by atoms with Crippen LogP contribution in [-0.4, -0.2) is 64.3 Å². The van der Waals surface area contributed by atoms with Crippen LogP contribution in [0.3, 0.4) is 0 Å². The van der Waals surface area contributed by atoms with E-state index in [9.17, 15) is 4.79 Å². The highest BCUT2D eigenvalue weighted by Gasteiger charge is 2.11. The molecule has 2 heterocycles. The van der Waals surface area contributed by atoms with E-state index in [0.717, 1.165) is 32.0 Å². The van der Waals surface area contributed by atoms with Gasteiger partial charge in [0.1, 0.15) is 18.8 Å². The first-order chi connectivity index (χ1) is 10.3. The fourth-order valence-corrected chi connectivity index (χ4v) is 1.84. The minimum atomic E-state index is -0.0426. The second-order valence-corrected chi connectivity index (χ2v) is 4.51. The lowest BCUT2D eigenvalue weighted by Gasteiger charge is -2.25. The molecule has 1 aromatic rings. The van der Waals surface area contributed by atoms with Crippen molar-refractivity contribution >= 4 is 6.29 Å². The largest absolute Gasteiger partial charge is 0.470 e. The van der Waals surface area contributed by atoms with Crippen molar-refractivity contribution < 1.29 is 14.3 Å². The molecule has 0 bridgehead atoms. The second kappa shape index (κ2) is 8.28. The van der Waals surface area contributed by atoms with Crippen LogP contribution in [0, 0.1) is 6.92 Å². The first-order valence-corrected chi connectivity index (χ1v) is 6.75. The Kier molecular flexibility index (Phi) is 6.04. The fraction of sp³-hybridized carbons (Fsp3) is 0.538. The number of rotatable bonds is 5. The zero-order valence-electron chi connectivity index (χ0n) is 12.0. The Morgan fingerprint density at radius 3 is 3.00 bits per heavy atom. The molecule has 1 fully saturated rings. The third-order valence-corrected chi connectivity index (χ3v) is 2.89. The number of H-pyrrole nitrogens is 1. The van der Waals surface area contributed by atoms with Crippen molar-refractivity contribution in [1.82, 2.24) is 25.1 Å². The molecular weight excluding hydrogens is 274 g/mol. The Morgan fingerprint density at radius 2 is 2.24 bits per heavy atom. The molecule has 114 valence electrons. The molecule has 0 saturated carbocycles. The third kappa shape index (κ3) is 5.44. The van der Waals surface area contributed by atoms with Gasteiger partial charge in [-0.3, -0.25) is 9.69 Å². The van der Waals surface area contributed by atoms with Crippen molar-refractivity contribution in [3.8, 4) is 5.88 Å². The van der Waals surface area contributed by atoms with Crippen LogP contribution in [0.25, 0.3) is 0 Å². The van der Waals surface area contributed by atoms with Crippen molar-refractivity contribution in [2.75, 3.05) is 32.9 Å². The summed E-state index contributed by atoms with van der Waals surface area (Å²) in [5.41, 5.74) is 0.777. The molecule has 0 spiro atoms. The van der Waals surface area contributed by atoms with Crippen LogP contribution in [0.4, 0.5) is 0 Å². The van der Waals surface area contributed by atoms with Crippen molar-refractivity contribution in [3.05, 3.63) is 23.9 Å². The summed E-state index contributed by atoms with van der Waals surface area (Å²) in [4.78, 5) is 21.1. The lowest BCUT2D eigenvalue weighted by molar-refractivity contribution is -0.109. The number of aldehydes is 1. The Morgan fingerprint density at radius 1 is 1.43 bits per heavy atom. The summed E-state index contributed by atoms with van der Waals surface area (Å²) in [6, 6.07) is 1.73. The topological polar surface area (TPSA) is 93.2 Å². The number of hydrogen-bond acceptors (Lipinski definition) is 7. The summed E-state index contributed by atoms with van der Waals surface area (Å²) >= 11 is 0. The minimum absolute atomic E-state index is 0.0426. The van der Waals surface area contributed by atoms with E-state index < -0.39 is 0 Å². The van der Waals surface area contributed by atoms with Gasteiger partial charge in [0.05, 0.1) is 18.9 Å².